The lowest BCUT2D eigenvalue weighted by atomic mass is 10.2. The molecule has 0 saturated heterocycles. The fourth-order valence-corrected chi connectivity index (χ4v) is 1.90. The molecule has 1 aromatic carbocycles. The normalized spacial score (nSPS) is 10.2. The van der Waals surface area contributed by atoms with E-state index in [1.807, 2.05) is 31.2 Å². The monoisotopic (exact) mass is 292 g/mol. The van der Waals surface area contributed by atoms with Crippen molar-refractivity contribution in [2.45, 2.75) is 13.5 Å². The molecule has 3 nitrogen and oxygen atoms in total. The first-order valence-corrected chi connectivity index (χ1v) is 6.03. The van der Waals surface area contributed by atoms with Gasteiger partial charge < -0.3 is 10.5 Å². The van der Waals surface area contributed by atoms with Crippen LogP contribution in [0.25, 0.3) is 0 Å². The third-order valence-corrected chi connectivity index (χ3v) is 2.92. The molecule has 0 amide bonds. The SMILES string of the molecule is Cc1c(N)cccc1OCc1cncc(Br)c1. The lowest BCUT2D eigenvalue weighted by Gasteiger charge is -2.10. The first-order chi connectivity index (χ1) is 8.16. The molecular formula is C13H13BrN2O. The molecule has 0 aliphatic heterocycles. The first kappa shape index (κ1) is 11.9. The number of rotatable bonds is 3. The van der Waals surface area contributed by atoms with Gasteiger partial charge in [-0.3, -0.25) is 4.98 Å². The Balaban J connectivity index is 2.10. The first-order valence-electron chi connectivity index (χ1n) is 5.24. The van der Waals surface area contributed by atoms with Crippen LogP contribution < -0.4 is 10.5 Å². The van der Waals surface area contributed by atoms with Gasteiger partial charge in [-0.15, -0.1) is 0 Å². The van der Waals surface area contributed by atoms with Crippen molar-refractivity contribution >= 4 is 21.6 Å². The Morgan fingerprint density at radius 1 is 1.35 bits per heavy atom. The van der Waals surface area contributed by atoms with Gasteiger partial charge in [0.15, 0.2) is 0 Å². The molecule has 0 aliphatic carbocycles. The summed E-state index contributed by atoms with van der Waals surface area (Å²) in [6.45, 7) is 2.43. The van der Waals surface area contributed by atoms with Crippen LogP contribution in [0.3, 0.4) is 0 Å². The summed E-state index contributed by atoms with van der Waals surface area (Å²) in [7, 11) is 0. The minimum atomic E-state index is 0.483. The molecule has 0 fully saturated rings. The Morgan fingerprint density at radius 2 is 2.18 bits per heavy atom. The standard InChI is InChI=1S/C13H13BrN2O/c1-9-12(15)3-2-4-13(9)17-8-10-5-11(14)7-16-6-10/h2-7H,8,15H2,1H3. The minimum absolute atomic E-state index is 0.483. The molecule has 2 rings (SSSR count). The van der Waals surface area contributed by atoms with Crippen LogP contribution in [0.2, 0.25) is 0 Å². The second-order valence-electron chi connectivity index (χ2n) is 3.77. The summed E-state index contributed by atoms with van der Waals surface area (Å²) in [6, 6.07) is 7.64. The summed E-state index contributed by atoms with van der Waals surface area (Å²) in [5.41, 5.74) is 8.54. The van der Waals surface area contributed by atoms with Crippen LogP contribution in [0.4, 0.5) is 5.69 Å². The molecule has 17 heavy (non-hydrogen) atoms. The van der Waals surface area contributed by atoms with Crippen LogP contribution >= 0.6 is 15.9 Å². The van der Waals surface area contributed by atoms with Gasteiger partial charge in [-0.05, 0) is 41.1 Å². The average Bonchev–Trinajstić information content (AvgIpc) is 2.31. The molecule has 0 aliphatic rings. The van der Waals surface area contributed by atoms with Crippen molar-refractivity contribution < 1.29 is 4.74 Å². The maximum absolute atomic E-state index is 5.81. The Labute approximate surface area is 109 Å². The number of pyridine rings is 1. The summed E-state index contributed by atoms with van der Waals surface area (Å²) < 4.78 is 6.66. The number of halogens is 1. The summed E-state index contributed by atoms with van der Waals surface area (Å²) >= 11 is 3.38. The van der Waals surface area contributed by atoms with E-state index < -0.39 is 0 Å². The Morgan fingerprint density at radius 3 is 2.94 bits per heavy atom. The van der Waals surface area contributed by atoms with Gasteiger partial charge in [-0.2, -0.15) is 0 Å². The lowest BCUT2D eigenvalue weighted by Crippen LogP contribution is -1.99. The summed E-state index contributed by atoms with van der Waals surface area (Å²) in [5, 5.41) is 0. The van der Waals surface area contributed by atoms with E-state index in [-0.39, 0.29) is 0 Å². The number of ether oxygens (including phenoxy) is 1. The topological polar surface area (TPSA) is 48.1 Å². The van der Waals surface area contributed by atoms with E-state index in [1.165, 1.54) is 0 Å². The van der Waals surface area contributed by atoms with Gasteiger partial charge in [-0.1, -0.05) is 6.07 Å². The number of aromatic nitrogens is 1. The van der Waals surface area contributed by atoms with Crippen LogP contribution in [0.1, 0.15) is 11.1 Å². The molecular weight excluding hydrogens is 280 g/mol. The zero-order valence-electron chi connectivity index (χ0n) is 9.48. The second-order valence-corrected chi connectivity index (χ2v) is 4.69. The van der Waals surface area contributed by atoms with Crippen molar-refractivity contribution in [3.8, 4) is 5.75 Å². The highest BCUT2D eigenvalue weighted by atomic mass is 79.9. The fraction of sp³-hybridized carbons (Fsp3) is 0.154. The van der Waals surface area contributed by atoms with Gasteiger partial charge in [0, 0.05) is 33.7 Å². The van der Waals surface area contributed by atoms with Gasteiger partial charge in [0.1, 0.15) is 12.4 Å². The molecule has 2 aromatic rings. The van der Waals surface area contributed by atoms with Crippen LogP contribution in [-0.4, -0.2) is 4.98 Å². The highest BCUT2D eigenvalue weighted by Crippen LogP contribution is 2.23. The number of nitrogens with two attached hydrogens (primary N) is 1. The predicted molar refractivity (Wildman–Crippen MR) is 71.9 cm³/mol. The van der Waals surface area contributed by atoms with Crippen molar-refractivity contribution in [3.63, 3.8) is 0 Å². The number of nitrogens with zero attached hydrogens (tertiary/aromatic N) is 1. The van der Waals surface area contributed by atoms with Crippen molar-refractivity contribution in [2.24, 2.45) is 0 Å². The largest absolute Gasteiger partial charge is 0.488 e. The van der Waals surface area contributed by atoms with E-state index in [4.69, 9.17) is 10.5 Å². The molecule has 0 bridgehead atoms. The minimum Gasteiger partial charge on any atom is -0.488 e. The zero-order valence-corrected chi connectivity index (χ0v) is 11.1. The lowest BCUT2D eigenvalue weighted by molar-refractivity contribution is 0.304. The molecule has 0 spiro atoms. The van der Waals surface area contributed by atoms with E-state index in [9.17, 15) is 0 Å². The highest BCUT2D eigenvalue weighted by Gasteiger charge is 2.03. The maximum Gasteiger partial charge on any atom is 0.124 e. The number of anilines is 1. The molecule has 1 aromatic heterocycles. The van der Waals surface area contributed by atoms with Gasteiger partial charge >= 0.3 is 0 Å². The molecule has 2 N–H and O–H groups in total. The highest BCUT2D eigenvalue weighted by molar-refractivity contribution is 9.10. The molecule has 1 heterocycles. The molecule has 88 valence electrons. The summed E-state index contributed by atoms with van der Waals surface area (Å²) in [6.07, 6.45) is 3.53. The second kappa shape index (κ2) is 5.19. The van der Waals surface area contributed by atoms with Crippen molar-refractivity contribution in [1.82, 2.24) is 4.98 Å². The van der Waals surface area contributed by atoms with Gasteiger partial charge in [0.2, 0.25) is 0 Å². The smallest absolute Gasteiger partial charge is 0.124 e. The van der Waals surface area contributed by atoms with E-state index >= 15 is 0 Å². The van der Waals surface area contributed by atoms with Crippen molar-refractivity contribution in [3.05, 3.63) is 52.3 Å². The maximum atomic E-state index is 5.81. The quantitative estimate of drug-likeness (QED) is 0.883. The predicted octanol–water partition coefficient (Wildman–Crippen LogP) is 3.31. The van der Waals surface area contributed by atoms with E-state index in [0.717, 1.165) is 27.0 Å². The van der Waals surface area contributed by atoms with E-state index in [2.05, 4.69) is 20.9 Å². The summed E-state index contributed by atoms with van der Waals surface area (Å²) in [5.74, 6) is 0.810. The third-order valence-electron chi connectivity index (χ3n) is 2.48. The Kier molecular flexibility index (Phi) is 3.64. The van der Waals surface area contributed by atoms with Gasteiger partial charge in [0.05, 0.1) is 0 Å². The zero-order chi connectivity index (χ0) is 12.3. The molecule has 0 unspecified atom stereocenters. The molecule has 0 atom stereocenters. The third kappa shape index (κ3) is 2.97. The number of nitrogen functional groups attached to an aromatic ring is 1. The van der Waals surface area contributed by atoms with Crippen LogP contribution in [0.5, 0.6) is 5.75 Å². The summed E-state index contributed by atoms with van der Waals surface area (Å²) in [4.78, 5) is 4.08. The van der Waals surface area contributed by atoms with Crippen molar-refractivity contribution in [2.75, 3.05) is 5.73 Å². The molecule has 0 radical (unpaired) electrons. The van der Waals surface area contributed by atoms with Crippen molar-refractivity contribution in [1.29, 1.82) is 0 Å². The molecule has 4 heteroatoms. The van der Waals surface area contributed by atoms with E-state index in [0.29, 0.717) is 6.61 Å². The number of hydrogen-bond donors (Lipinski definition) is 1. The van der Waals surface area contributed by atoms with Gasteiger partial charge in [-0.25, -0.2) is 0 Å². The van der Waals surface area contributed by atoms with E-state index in [1.54, 1.807) is 12.4 Å². The van der Waals surface area contributed by atoms with Crippen LogP contribution in [0, 0.1) is 6.92 Å². The molecule has 0 saturated carbocycles. The Hall–Kier alpha value is -1.55. The average molecular weight is 293 g/mol. The number of benzene rings is 1. The van der Waals surface area contributed by atoms with Crippen LogP contribution in [0.15, 0.2) is 41.1 Å². The van der Waals surface area contributed by atoms with Crippen LogP contribution in [-0.2, 0) is 6.61 Å². The fourth-order valence-electron chi connectivity index (χ4n) is 1.48. The van der Waals surface area contributed by atoms with Gasteiger partial charge in [0.25, 0.3) is 0 Å². The number of hydrogen-bond acceptors (Lipinski definition) is 3. The Bertz CT molecular complexity index is 529.